The van der Waals surface area contributed by atoms with Gasteiger partial charge in [0.2, 0.25) is 8.03 Å². The topological polar surface area (TPSA) is 75.6 Å². The average molecular weight is 333 g/mol. The molecule has 6 heteroatoms. The van der Waals surface area contributed by atoms with E-state index in [-0.39, 0.29) is 25.4 Å². The second-order valence-corrected chi connectivity index (χ2v) is 6.22. The van der Waals surface area contributed by atoms with Crippen LogP contribution in [-0.4, -0.2) is 23.7 Å². The van der Waals surface area contributed by atoms with Crippen LogP contribution in [0.4, 0.5) is 0 Å². The van der Waals surface area contributed by atoms with Crippen molar-refractivity contribution in [2.24, 2.45) is 0 Å². The third-order valence-corrected chi connectivity index (χ3v) is 3.89. The molecule has 0 amide bonds. The highest BCUT2D eigenvalue weighted by atomic mass is 31.1. The van der Waals surface area contributed by atoms with Gasteiger partial charge >= 0.3 is 5.97 Å². The minimum atomic E-state index is -2.60. The van der Waals surface area contributed by atoms with Gasteiger partial charge in [-0.05, 0) is 11.1 Å². The lowest BCUT2D eigenvalue weighted by molar-refractivity contribution is -0.146. The standard InChI is InChI=1S/C17H20NO4P/c19-17(22-12-14-7-3-1-4-8-14)16(11-18-13-23(20)21)15-9-5-2-6-10-15/h1-10,16,18,23H,11-13H2,(H,20,21). The smallest absolute Gasteiger partial charge is 0.315 e. The van der Waals surface area contributed by atoms with Gasteiger partial charge in [-0.15, -0.1) is 0 Å². The van der Waals surface area contributed by atoms with E-state index in [0.717, 1.165) is 11.1 Å². The molecule has 122 valence electrons. The molecule has 0 saturated heterocycles. The van der Waals surface area contributed by atoms with Crippen LogP contribution in [0.3, 0.4) is 0 Å². The second kappa shape index (κ2) is 9.26. The van der Waals surface area contributed by atoms with Crippen LogP contribution in [0.15, 0.2) is 60.7 Å². The first-order valence-electron chi connectivity index (χ1n) is 7.35. The van der Waals surface area contributed by atoms with Crippen molar-refractivity contribution in [3.63, 3.8) is 0 Å². The molecule has 2 N–H and O–H groups in total. The Kier molecular flexibility index (Phi) is 7.01. The second-order valence-electron chi connectivity index (χ2n) is 5.08. The van der Waals surface area contributed by atoms with Crippen LogP contribution in [0.2, 0.25) is 0 Å². The molecule has 0 saturated carbocycles. The van der Waals surface area contributed by atoms with Crippen LogP contribution in [0.25, 0.3) is 0 Å². The molecule has 2 aromatic carbocycles. The number of benzene rings is 2. The van der Waals surface area contributed by atoms with E-state index in [1.807, 2.05) is 60.7 Å². The molecule has 0 fully saturated rings. The first kappa shape index (κ1) is 17.4. The maximum absolute atomic E-state index is 12.4. The Morgan fingerprint density at radius 1 is 1.09 bits per heavy atom. The number of ether oxygens (including phenoxy) is 1. The molecule has 23 heavy (non-hydrogen) atoms. The number of carbonyl (C=O) groups is 1. The molecule has 0 aliphatic rings. The largest absolute Gasteiger partial charge is 0.460 e. The van der Waals surface area contributed by atoms with Crippen LogP contribution in [-0.2, 0) is 20.7 Å². The fourth-order valence-electron chi connectivity index (χ4n) is 2.18. The highest BCUT2D eigenvalue weighted by molar-refractivity contribution is 7.37. The van der Waals surface area contributed by atoms with Crippen LogP contribution >= 0.6 is 8.03 Å². The van der Waals surface area contributed by atoms with Crippen molar-refractivity contribution in [2.45, 2.75) is 12.5 Å². The van der Waals surface area contributed by atoms with E-state index in [4.69, 9.17) is 9.63 Å². The number of esters is 1. The van der Waals surface area contributed by atoms with Gasteiger partial charge in [0.25, 0.3) is 0 Å². The highest BCUT2D eigenvalue weighted by Crippen LogP contribution is 2.18. The van der Waals surface area contributed by atoms with Crippen molar-refractivity contribution >= 4 is 14.0 Å². The Labute approximate surface area is 136 Å². The first-order valence-corrected chi connectivity index (χ1v) is 8.91. The molecule has 2 unspecified atom stereocenters. The highest BCUT2D eigenvalue weighted by Gasteiger charge is 2.22. The zero-order valence-corrected chi connectivity index (χ0v) is 13.6. The van der Waals surface area contributed by atoms with E-state index in [1.54, 1.807) is 0 Å². The van der Waals surface area contributed by atoms with Gasteiger partial charge in [-0.25, -0.2) is 0 Å². The molecule has 5 nitrogen and oxygen atoms in total. The summed E-state index contributed by atoms with van der Waals surface area (Å²) < 4.78 is 16.2. The lowest BCUT2D eigenvalue weighted by Gasteiger charge is -2.17. The molecule has 2 rings (SSSR count). The number of rotatable bonds is 8. The molecule has 2 aromatic rings. The monoisotopic (exact) mass is 333 g/mol. The Morgan fingerprint density at radius 2 is 1.70 bits per heavy atom. The third-order valence-electron chi connectivity index (χ3n) is 3.34. The number of hydrogen-bond donors (Lipinski definition) is 2. The molecule has 0 bridgehead atoms. The van der Waals surface area contributed by atoms with E-state index >= 15 is 0 Å². The van der Waals surface area contributed by atoms with Crippen molar-refractivity contribution in [1.82, 2.24) is 5.32 Å². The van der Waals surface area contributed by atoms with Crippen molar-refractivity contribution in [3.8, 4) is 0 Å². The molecule has 2 atom stereocenters. The first-order chi connectivity index (χ1) is 11.2. The Bertz CT molecular complexity index is 634. The van der Waals surface area contributed by atoms with Crippen LogP contribution in [0.5, 0.6) is 0 Å². The van der Waals surface area contributed by atoms with Gasteiger partial charge < -0.3 is 14.9 Å². The molecular formula is C17H20NO4P. The summed E-state index contributed by atoms with van der Waals surface area (Å²) in [5.41, 5.74) is 1.73. The molecule has 0 spiro atoms. The predicted molar refractivity (Wildman–Crippen MR) is 89.5 cm³/mol. The summed E-state index contributed by atoms with van der Waals surface area (Å²) in [6, 6.07) is 18.7. The number of nitrogens with one attached hydrogen (secondary N) is 1. The van der Waals surface area contributed by atoms with E-state index in [0.29, 0.717) is 0 Å². The van der Waals surface area contributed by atoms with Gasteiger partial charge in [0.1, 0.15) is 6.61 Å². The zero-order valence-electron chi connectivity index (χ0n) is 12.6. The minimum absolute atomic E-state index is 0.0139. The van der Waals surface area contributed by atoms with Crippen LogP contribution in [0, 0.1) is 0 Å². The minimum Gasteiger partial charge on any atom is -0.460 e. The molecule has 0 radical (unpaired) electrons. The molecule has 0 aromatic heterocycles. The maximum atomic E-state index is 12.4. The lowest BCUT2D eigenvalue weighted by atomic mass is 9.99. The predicted octanol–water partition coefficient (Wildman–Crippen LogP) is 2.53. The SMILES string of the molecule is O=C(OCc1ccccc1)C(CNC[PH](=O)O)c1ccccc1. The summed E-state index contributed by atoms with van der Waals surface area (Å²) in [4.78, 5) is 21.3. The van der Waals surface area contributed by atoms with Gasteiger partial charge in [0.05, 0.1) is 12.2 Å². The Hall–Kier alpha value is -1.94. The van der Waals surface area contributed by atoms with Crippen molar-refractivity contribution < 1.29 is 19.0 Å². The molecular weight excluding hydrogens is 313 g/mol. The summed E-state index contributed by atoms with van der Waals surface area (Å²) in [6.07, 6.45) is -0.0139. The fourth-order valence-corrected chi connectivity index (χ4v) is 2.53. The van der Waals surface area contributed by atoms with Gasteiger partial charge in [-0.3, -0.25) is 9.36 Å². The number of carbonyl (C=O) groups excluding carboxylic acids is 1. The maximum Gasteiger partial charge on any atom is 0.315 e. The van der Waals surface area contributed by atoms with Crippen LogP contribution < -0.4 is 5.32 Å². The Balaban J connectivity index is 2.00. The van der Waals surface area contributed by atoms with Crippen molar-refractivity contribution in [3.05, 3.63) is 71.8 Å². The summed E-state index contributed by atoms with van der Waals surface area (Å²) in [7, 11) is -2.60. The quantitative estimate of drug-likeness (QED) is 0.573. The van der Waals surface area contributed by atoms with E-state index in [2.05, 4.69) is 5.32 Å². The summed E-state index contributed by atoms with van der Waals surface area (Å²) in [5, 5.41) is 2.84. The number of hydrogen-bond acceptors (Lipinski definition) is 4. The van der Waals surface area contributed by atoms with Crippen LogP contribution in [0.1, 0.15) is 17.0 Å². The third kappa shape index (κ3) is 5.99. The van der Waals surface area contributed by atoms with Gasteiger partial charge in [0.15, 0.2) is 0 Å². The summed E-state index contributed by atoms with van der Waals surface area (Å²) in [6.45, 7) is 0.466. The van der Waals surface area contributed by atoms with Gasteiger partial charge in [0, 0.05) is 6.54 Å². The average Bonchev–Trinajstić information content (AvgIpc) is 2.58. The Morgan fingerprint density at radius 3 is 2.30 bits per heavy atom. The van der Waals surface area contributed by atoms with E-state index < -0.39 is 13.9 Å². The normalized spacial score (nSPS) is 13.3. The van der Waals surface area contributed by atoms with Gasteiger partial charge in [-0.2, -0.15) is 0 Å². The van der Waals surface area contributed by atoms with Gasteiger partial charge in [-0.1, -0.05) is 60.7 Å². The zero-order chi connectivity index (χ0) is 16.5. The van der Waals surface area contributed by atoms with Crippen molar-refractivity contribution in [1.29, 1.82) is 0 Å². The fraction of sp³-hybridized carbons (Fsp3) is 0.235. The molecule has 0 heterocycles. The molecule has 0 aliphatic heterocycles. The summed E-state index contributed by atoms with van der Waals surface area (Å²) >= 11 is 0. The van der Waals surface area contributed by atoms with E-state index in [9.17, 15) is 9.36 Å². The lowest BCUT2D eigenvalue weighted by Crippen LogP contribution is -2.28. The summed E-state index contributed by atoms with van der Waals surface area (Å²) in [5.74, 6) is -0.869. The van der Waals surface area contributed by atoms with Crippen molar-refractivity contribution in [2.75, 3.05) is 12.8 Å². The van der Waals surface area contributed by atoms with E-state index in [1.165, 1.54) is 0 Å². The molecule has 0 aliphatic carbocycles.